The third-order valence-corrected chi connectivity index (χ3v) is 1.20. The van der Waals surface area contributed by atoms with Crippen LogP contribution in [0.2, 0.25) is 0 Å². The van der Waals surface area contributed by atoms with Crippen LogP contribution >= 0.6 is 12.0 Å². The molecule has 0 radical (unpaired) electrons. The predicted molar refractivity (Wildman–Crippen MR) is 40.9 cm³/mol. The monoisotopic (exact) mass is 178 g/mol. The van der Waals surface area contributed by atoms with Crippen LogP contribution in [0.4, 0.5) is 0 Å². The summed E-state index contributed by atoms with van der Waals surface area (Å²) in [6, 6.07) is 0. The van der Waals surface area contributed by atoms with Crippen molar-refractivity contribution in [3.63, 3.8) is 0 Å². The summed E-state index contributed by atoms with van der Waals surface area (Å²) in [7, 11) is 0. The molecular weight excluding hydrogens is 168 g/mol. The van der Waals surface area contributed by atoms with Gasteiger partial charge in [-0.3, -0.25) is 4.79 Å². The fraction of sp³-hybridized carbons (Fsp3) is 0.667. The summed E-state index contributed by atoms with van der Waals surface area (Å²) in [6.07, 6.45) is 0. The summed E-state index contributed by atoms with van der Waals surface area (Å²) in [5, 5.41) is 0. The Hall–Kier alpha value is -0.710. The van der Waals surface area contributed by atoms with Gasteiger partial charge in [-0.05, 0) is 0 Å². The van der Waals surface area contributed by atoms with Crippen molar-refractivity contribution in [2.24, 2.45) is 0 Å². The number of rotatable bonds is 4. The van der Waals surface area contributed by atoms with Crippen LogP contribution in [0.25, 0.3) is 0 Å². The predicted octanol–water partition coefficient (Wildman–Crippen LogP) is 0.761. The van der Waals surface area contributed by atoms with Gasteiger partial charge in [-0.15, -0.1) is 0 Å². The highest BCUT2D eigenvalue weighted by Gasteiger charge is 2.04. The first-order chi connectivity index (χ1) is 5.16. The summed E-state index contributed by atoms with van der Waals surface area (Å²) in [4.78, 5) is 20.8. The second-order valence-corrected chi connectivity index (χ2v) is 2.62. The van der Waals surface area contributed by atoms with E-state index in [2.05, 4.69) is 8.92 Å². The van der Waals surface area contributed by atoms with Crippen molar-refractivity contribution in [1.82, 2.24) is 0 Å². The highest BCUT2D eigenvalue weighted by atomic mass is 32.2. The van der Waals surface area contributed by atoms with E-state index in [1.54, 1.807) is 0 Å². The molecule has 0 amide bonds. The maximum Gasteiger partial charge on any atom is 0.356 e. The van der Waals surface area contributed by atoms with Gasteiger partial charge in [0.2, 0.25) is 0 Å². The van der Waals surface area contributed by atoms with E-state index in [0.717, 1.165) is 12.0 Å². The molecule has 0 unspecified atom stereocenters. The quantitative estimate of drug-likeness (QED) is 0.470. The van der Waals surface area contributed by atoms with Gasteiger partial charge in [0.25, 0.3) is 0 Å². The first-order valence-corrected chi connectivity index (χ1v) is 4.03. The number of esters is 1. The first-order valence-electron chi connectivity index (χ1n) is 3.12. The van der Waals surface area contributed by atoms with Crippen molar-refractivity contribution in [3.05, 3.63) is 0 Å². The first kappa shape index (κ1) is 10.3. The molecular formula is C6H10O4S. The highest BCUT2D eigenvalue weighted by molar-refractivity contribution is 7.95. The largest absolute Gasteiger partial charge is 0.454 e. The zero-order chi connectivity index (χ0) is 8.69. The molecule has 0 aromatic rings. The Morgan fingerprint density at radius 2 is 2.09 bits per heavy atom. The molecule has 0 saturated carbocycles. The second kappa shape index (κ2) is 6.03. The lowest BCUT2D eigenvalue weighted by Gasteiger charge is -2.00. The normalized spacial score (nSPS) is 8.91. The average molecular weight is 178 g/mol. The fourth-order valence-corrected chi connectivity index (χ4v) is 0.607. The van der Waals surface area contributed by atoms with Crippen LogP contribution in [-0.2, 0) is 18.5 Å². The van der Waals surface area contributed by atoms with Gasteiger partial charge in [-0.2, -0.15) is 0 Å². The molecule has 0 rings (SSSR count). The Labute approximate surface area is 69.4 Å². The summed E-state index contributed by atoms with van der Waals surface area (Å²) < 4.78 is 8.92. The van der Waals surface area contributed by atoms with E-state index in [1.807, 2.05) is 6.92 Å². The minimum atomic E-state index is -0.535. The third kappa shape index (κ3) is 7.18. The number of hydrogen-bond donors (Lipinski definition) is 0. The molecule has 4 nitrogen and oxygen atoms in total. The van der Waals surface area contributed by atoms with Crippen LogP contribution in [0.15, 0.2) is 0 Å². The molecule has 0 saturated heterocycles. The summed E-state index contributed by atoms with van der Waals surface area (Å²) in [6.45, 7) is 2.78. The fourth-order valence-electron chi connectivity index (χ4n) is 0.309. The van der Waals surface area contributed by atoms with Crippen molar-refractivity contribution >= 4 is 24.0 Å². The standard InChI is InChI=1S/C6H10O4S/c1-3-11-10-6(8)4-9-5(2)7/h3-4H2,1-2H3. The molecule has 0 spiro atoms. The number of hydrogen-bond acceptors (Lipinski definition) is 5. The van der Waals surface area contributed by atoms with Crippen LogP contribution in [0, 0.1) is 0 Å². The number of ether oxygens (including phenoxy) is 1. The van der Waals surface area contributed by atoms with Gasteiger partial charge in [0.1, 0.15) is 0 Å². The Balaban J connectivity index is 3.30. The van der Waals surface area contributed by atoms with Crippen molar-refractivity contribution in [2.45, 2.75) is 13.8 Å². The third-order valence-electron chi connectivity index (χ3n) is 0.663. The van der Waals surface area contributed by atoms with E-state index in [9.17, 15) is 9.59 Å². The van der Waals surface area contributed by atoms with Crippen LogP contribution in [0.1, 0.15) is 13.8 Å². The maximum atomic E-state index is 10.6. The molecule has 0 heterocycles. The van der Waals surface area contributed by atoms with Gasteiger partial charge >= 0.3 is 11.9 Å². The molecule has 0 bridgehead atoms. The minimum Gasteiger partial charge on any atom is -0.454 e. The zero-order valence-corrected chi connectivity index (χ0v) is 7.27. The molecule has 0 aliphatic rings. The Morgan fingerprint density at radius 3 is 2.55 bits per heavy atom. The lowest BCUT2D eigenvalue weighted by Crippen LogP contribution is -2.11. The van der Waals surface area contributed by atoms with Gasteiger partial charge in [0.15, 0.2) is 6.61 Å². The maximum absolute atomic E-state index is 10.6. The Morgan fingerprint density at radius 1 is 1.45 bits per heavy atom. The van der Waals surface area contributed by atoms with E-state index in [4.69, 9.17) is 0 Å². The zero-order valence-electron chi connectivity index (χ0n) is 6.46. The smallest absolute Gasteiger partial charge is 0.356 e. The lowest BCUT2D eigenvalue weighted by atomic mass is 10.7. The van der Waals surface area contributed by atoms with E-state index in [-0.39, 0.29) is 6.61 Å². The van der Waals surface area contributed by atoms with E-state index >= 15 is 0 Å². The van der Waals surface area contributed by atoms with Gasteiger partial charge in [0.05, 0.1) is 12.0 Å². The van der Waals surface area contributed by atoms with Crippen molar-refractivity contribution in [1.29, 1.82) is 0 Å². The molecule has 0 aliphatic heterocycles. The number of carbonyl (C=O) groups excluding carboxylic acids is 2. The topological polar surface area (TPSA) is 52.6 Å². The van der Waals surface area contributed by atoms with Crippen molar-refractivity contribution in [2.75, 3.05) is 12.4 Å². The van der Waals surface area contributed by atoms with Gasteiger partial charge in [-0.25, -0.2) is 4.79 Å². The molecule has 0 aliphatic carbocycles. The second-order valence-electron chi connectivity index (χ2n) is 1.64. The Kier molecular flexibility index (Phi) is 5.64. The van der Waals surface area contributed by atoms with E-state index in [0.29, 0.717) is 5.75 Å². The molecule has 0 aromatic carbocycles. The van der Waals surface area contributed by atoms with Crippen LogP contribution < -0.4 is 0 Å². The molecule has 0 aromatic heterocycles. The molecule has 0 N–H and O–H groups in total. The van der Waals surface area contributed by atoms with Crippen LogP contribution in [0.5, 0.6) is 0 Å². The van der Waals surface area contributed by atoms with Crippen molar-refractivity contribution < 1.29 is 18.5 Å². The van der Waals surface area contributed by atoms with Crippen molar-refractivity contribution in [3.8, 4) is 0 Å². The lowest BCUT2D eigenvalue weighted by molar-refractivity contribution is -0.151. The molecule has 5 heteroatoms. The van der Waals surface area contributed by atoms with Crippen LogP contribution in [0.3, 0.4) is 0 Å². The van der Waals surface area contributed by atoms with E-state index in [1.165, 1.54) is 6.92 Å². The summed E-state index contributed by atoms with van der Waals surface area (Å²) >= 11 is 1.03. The van der Waals surface area contributed by atoms with Gasteiger partial charge in [0, 0.05) is 12.7 Å². The number of carbonyl (C=O) groups is 2. The van der Waals surface area contributed by atoms with Crippen LogP contribution in [-0.4, -0.2) is 24.3 Å². The van der Waals surface area contributed by atoms with Gasteiger partial charge in [-0.1, -0.05) is 6.92 Å². The molecule has 0 atom stereocenters. The molecule has 64 valence electrons. The molecule has 0 fully saturated rings. The van der Waals surface area contributed by atoms with E-state index < -0.39 is 11.9 Å². The molecule has 11 heavy (non-hydrogen) atoms. The summed E-state index contributed by atoms with van der Waals surface area (Å²) in [5.41, 5.74) is 0. The highest BCUT2D eigenvalue weighted by Crippen LogP contribution is 2.00. The average Bonchev–Trinajstić information content (AvgIpc) is 1.97. The minimum absolute atomic E-state index is 0.303. The summed E-state index contributed by atoms with van der Waals surface area (Å²) in [5.74, 6) is -0.332. The SMILES string of the molecule is CCSOC(=O)COC(C)=O. The van der Waals surface area contributed by atoms with Gasteiger partial charge < -0.3 is 8.92 Å². The Bertz CT molecular complexity index is 146.